The van der Waals surface area contributed by atoms with Gasteiger partial charge in [-0.3, -0.25) is 4.79 Å². The molecule has 2 aromatic carbocycles. The molecule has 0 saturated heterocycles. The summed E-state index contributed by atoms with van der Waals surface area (Å²) in [7, 11) is 3.61. The largest absolute Gasteiger partial charge is 0.379 e. The number of hydrogen-bond donors (Lipinski definition) is 2. The molecule has 0 spiro atoms. The van der Waals surface area contributed by atoms with Crippen molar-refractivity contribution in [1.82, 2.24) is 14.9 Å². The van der Waals surface area contributed by atoms with Crippen LogP contribution in [0.25, 0.3) is 11.0 Å². The van der Waals surface area contributed by atoms with Gasteiger partial charge < -0.3 is 15.2 Å². The third-order valence-corrected chi connectivity index (χ3v) is 4.80. The number of hydrogen-bond acceptors (Lipinski definition) is 3. The van der Waals surface area contributed by atoms with Gasteiger partial charge in [0.15, 0.2) is 0 Å². The van der Waals surface area contributed by atoms with Gasteiger partial charge in [-0.1, -0.05) is 18.2 Å². The lowest BCUT2D eigenvalue weighted by atomic mass is 10.0. The summed E-state index contributed by atoms with van der Waals surface area (Å²) in [5.41, 5.74) is 7.12. The minimum Gasteiger partial charge on any atom is -0.379 e. The monoisotopic (exact) mass is 336 g/mol. The Morgan fingerprint density at radius 1 is 1.16 bits per heavy atom. The second-order valence-corrected chi connectivity index (χ2v) is 6.41. The topological polar surface area (TPSA) is 59.0 Å². The molecule has 25 heavy (non-hydrogen) atoms. The summed E-state index contributed by atoms with van der Waals surface area (Å²) in [4.78, 5) is 16.8. The van der Waals surface area contributed by atoms with Crippen LogP contribution in [0.4, 0.5) is 5.69 Å². The number of benzene rings is 2. The molecule has 5 nitrogen and oxygen atoms in total. The van der Waals surface area contributed by atoms with E-state index in [1.54, 1.807) is 7.05 Å². The van der Waals surface area contributed by atoms with Gasteiger partial charge in [-0.25, -0.2) is 4.98 Å². The lowest BCUT2D eigenvalue weighted by Gasteiger charge is -2.13. The van der Waals surface area contributed by atoms with Crippen LogP contribution in [0.5, 0.6) is 0 Å². The van der Waals surface area contributed by atoms with Crippen molar-refractivity contribution in [3.8, 4) is 0 Å². The number of nitrogens with zero attached hydrogens (tertiary/aromatic N) is 2. The highest BCUT2D eigenvalue weighted by atomic mass is 16.1. The number of aryl methyl sites for hydroxylation is 4. The summed E-state index contributed by atoms with van der Waals surface area (Å²) in [6.45, 7) is 6.90. The second-order valence-electron chi connectivity index (χ2n) is 6.41. The molecule has 0 unspecified atom stereocenters. The number of aromatic nitrogens is 2. The minimum atomic E-state index is -0.101. The molecule has 0 aliphatic heterocycles. The molecule has 0 bridgehead atoms. The first-order chi connectivity index (χ1) is 11.9. The predicted octanol–water partition coefficient (Wildman–Crippen LogP) is 3.47. The molecule has 1 amide bonds. The molecular formula is C20H24N4O. The van der Waals surface area contributed by atoms with E-state index in [-0.39, 0.29) is 5.91 Å². The lowest BCUT2D eigenvalue weighted by molar-refractivity contribution is 0.0963. The number of rotatable bonds is 4. The highest BCUT2D eigenvalue weighted by molar-refractivity contribution is 6.01. The van der Waals surface area contributed by atoms with Crippen LogP contribution >= 0.6 is 0 Å². The van der Waals surface area contributed by atoms with E-state index in [0.717, 1.165) is 22.5 Å². The standard InChI is InChI=1S/C20H24N4O/c1-12-7-6-8-13(2)16(12)11-22-17-9-15(20(25)21-4)10-18-19(17)23-14(3)24(18)5/h6-10,22H,11H2,1-5H3,(H,21,25). The molecule has 0 saturated carbocycles. The van der Waals surface area contributed by atoms with Crippen LogP contribution in [0.1, 0.15) is 32.9 Å². The van der Waals surface area contributed by atoms with Crippen molar-refractivity contribution >= 4 is 22.6 Å². The molecule has 0 radical (unpaired) electrons. The molecule has 130 valence electrons. The summed E-state index contributed by atoms with van der Waals surface area (Å²) in [6.07, 6.45) is 0. The summed E-state index contributed by atoms with van der Waals surface area (Å²) in [5.74, 6) is 0.815. The molecule has 3 aromatic rings. The van der Waals surface area contributed by atoms with Crippen molar-refractivity contribution in [2.24, 2.45) is 7.05 Å². The molecule has 5 heteroatoms. The zero-order chi connectivity index (χ0) is 18.1. The Balaban J connectivity index is 2.05. The Kier molecular flexibility index (Phi) is 4.49. The molecule has 0 fully saturated rings. The fourth-order valence-electron chi connectivity index (χ4n) is 3.13. The van der Waals surface area contributed by atoms with Crippen LogP contribution in [0.15, 0.2) is 30.3 Å². The summed E-state index contributed by atoms with van der Waals surface area (Å²) in [5, 5.41) is 6.18. The van der Waals surface area contributed by atoms with E-state index in [0.29, 0.717) is 12.1 Å². The second kappa shape index (κ2) is 6.59. The van der Waals surface area contributed by atoms with Crippen molar-refractivity contribution in [3.05, 3.63) is 58.4 Å². The Morgan fingerprint density at radius 3 is 2.48 bits per heavy atom. The maximum absolute atomic E-state index is 12.1. The maximum Gasteiger partial charge on any atom is 0.251 e. The van der Waals surface area contributed by atoms with Gasteiger partial charge in [0.25, 0.3) is 5.91 Å². The van der Waals surface area contributed by atoms with Crippen molar-refractivity contribution in [3.63, 3.8) is 0 Å². The molecule has 0 aliphatic rings. The van der Waals surface area contributed by atoms with Gasteiger partial charge in [0.2, 0.25) is 0 Å². The first-order valence-electron chi connectivity index (χ1n) is 8.40. The van der Waals surface area contributed by atoms with Crippen molar-refractivity contribution in [2.75, 3.05) is 12.4 Å². The average Bonchev–Trinajstić information content (AvgIpc) is 2.88. The number of fused-ring (bicyclic) bond motifs is 1. The zero-order valence-corrected chi connectivity index (χ0v) is 15.4. The van der Waals surface area contributed by atoms with E-state index < -0.39 is 0 Å². The van der Waals surface area contributed by atoms with E-state index in [1.165, 1.54) is 16.7 Å². The van der Waals surface area contributed by atoms with Gasteiger partial charge in [0.05, 0.1) is 11.2 Å². The maximum atomic E-state index is 12.1. The molecule has 1 aromatic heterocycles. The van der Waals surface area contributed by atoms with Gasteiger partial charge in [0.1, 0.15) is 11.3 Å². The van der Waals surface area contributed by atoms with Crippen LogP contribution < -0.4 is 10.6 Å². The number of nitrogens with one attached hydrogen (secondary N) is 2. The number of anilines is 1. The van der Waals surface area contributed by atoms with Gasteiger partial charge >= 0.3 is 0 Å². The van der Waals surface area contributed by atoms with Crippen LogP contribution in [0.3, 0.4) is 0 Å². The fraction of sp³-hybridized carbons (Fsp3) is 0.300. The zero-order valence-electron chi connectivity index (χ0n) is 15.4. The Morgan fingerprint density at radius 2 is 1.84 bits per heavy atom. The van der Waals surface area contributed by atoms with Gasteiger partial charge in [-0.05, 0) is 49.6 Å². The third-order valence-electron chi connectivity index (χ3n) is 4.80. The number of carbonyl (C=O) groups excluding carboxylic acids is 1. The van der Waals surface area contributed by atoms with Crippen LogP contribution in [0.2, 0.25) is 0 Å². The van der Waals surface area contributed by atoms with E-state index >= 15 is 0 Å². The van der Waals surface area contributed by atoms with Gasteiger partial charge in [-0.15, -0.1) is 0 Å². The quantitative estimate of drug-likeness (QED) is 0.767. The number of carbonyl (C=O) groups is 1. The van der Waals surface area contributed by atoms with E-state index in [1.807, 2.05) is 30.7 Å². The third kappa shape index (κ3) is 3.09. The van der Waals surface area contributed by atoms with Gasteiger partial charge in [0, 0.05) is 26.2 Å². The summed E-state index contributed by atoms with van der Waals surface area (Å²) in [6, 6.07) is 10.1. The predicted molar refractivity (Wildman–Crippen MR) is 102 cm³/mol. The van der Waals surface area contributed by atoms with Crippen molar-refractivity contribution in [1.29, 1.82) is 0 Å². The Hall–Kier alpha value is -2.82. The molecule has 3 rings (SSSR count). The van der Waals surface area contributed by atoms with Crippen molar-refractivity contribution < 1.29 is 4.79 Å². The van der Waals surface area contributed by atoms with Crippen LogP contribution in [-0.2, 0) is 13.6 Å². The van der Waals surface area contributed by atoms with Crippen molar-refractivity contribution in [2.45, 2.75) is 27.3 Å². The molecule has 0 aliphatic carbocycles. The number of amides is 1. The summed E-state index contributed by atoms with van der Waals surface area (Å²) < 4.78 is 2.01. The van der Waals surface area contributed by atoms with Crippen LogP contribution in [-0.4, -0.2) is 22.5 Å². The minimum absolute atomic E-state index is 0.101. The first-order valence-corrected chi connectivity index (χ1v) is 8.40. The number of imidazole rings is 1. The van der Waals surface area contributed by atoms with E-state index in [4.69, 9.17) is 0 Å². The van der Waals surface area contributed by atoms with E-state index in [2.05, 4.69) is 47.7 Å². The van der Waals surface area contributed by atoms with Gasteiger partial charge in [-0.2, -0.15) is 0 Å². The Bertz CT molecular complexity index is 936. The fourth-order valence-corrected chi connectivity index (χ4v) is 3.13. The first kappa shape index (κ1) is 17.0. The highest BCUT2D eigenvalue weighted by Crippen LogP contribution is 2.27. The molecular weight excluding hydrogens is 312 g/mol. The highest BCUT2D eigenvalue weighted by Gasteiger charge is 2.14. The van der Waals surface area contributed by atoms with E-state index in [9.17, 15) is 4.79 Å². The normalized spacial score (nSPS) is 10.9. The molecule has 1 heterocycles. The lowest BCUT2D eigenvalue weighted by Crippen LogP contribution is -2.18. The SMILES string of the molecule is CNC(=O)c1cc(NCc2c(C)cccc2C)c2nc(C)n(C)c2c1. The molecule has 0 atom stereocenters. The molecule has 2 N–H and O–H groups in total. The van der Waals surface area contributed by atoms with Crippen LogP contribution in [0, 0.1) is 20.8 Å². The smallest absolute Gasteiger partial charge is 0.251 e. The Labute approximate surface area is 148 Å². The summed E-state index contributed by atoms with van der Waals surface area (Å²) >= 11 is 0. The average molecular weight is 336 g/mol.